The number of ketones is 1. The van der Waals surface area contributed by atoms with Gasteiger partial charge in [0.2, 0.25) is 0 Å². The van der Waals surface area contributed by atoms with Gasteiger partial charge in [0.05, 0.1) is 31.6 Å². The molecule has 0 fully saturated rings. The van der Waals surface area contributed by atoms with Crippen LogP contribution in [0.5, 0.6) is 0 Å². The van der Waals surface area contributed by atoms with Crippen LogP contribution in [0.2, 0.25) is 20.1 Å². The van der Waals surface area contributed by atoms with Gasteiger partial charge in [-0.2, -0.15) is 0 Å². The molecule has 21 heavy (non-hydrogen) atoms. The number of Topliss-reactive ketones (excluding diaryl/α,β-unsaturated/α-hetero) is 1. The van der Waals surface area contributed by atoms with Crippen molar-refractivity contribution in [2.45, 2.75) is 4.90 Å². The van der Waals surface area contributed by atoms with Crippen LogP contribution in [-0.2, 0) is 10.8 Å². The maximum absolute atomic E-state index is 12.2. The van der Waals surface area contributed by atoms with Crippen molar-refractivity contribution in [2.75, 3.05) is 5.75 Å². The predicted molar refractivity (Wildman–Crippen MR) is 88.5 cm³/mol. The monoisotopic (exact) mass is 380 g/mol. The highest BCUT2D eigenvalue weighted by Crippen LogP contribution is 2.25. The SMILES string of the molecule is O=C(CS(=O)c1ccc(Cl)c(Cl)c1)c1ccc(Cl)cc1Cl. The molecule has 0 aliphatic carbocycles. The second-order valence-electron chi connectivity index (χ2n) is 4.11. The van der Waals surface area contributed by atoms with Gasteiger partial charge in [0.1, 0.15) is 0 Å². The van der Waals surface area contributed by atoms with E-state index in [2.05, 4.69) is 0 Å². The van der Waals surface area contributed by atoms with Gasteiger partial charge in [0.25, 0.3) is 0 Å². The van der Waals surface area contributed by atoms with Crippen molar-refractivity contribution in [2.24, 2.45) is 0 Å². The lowest BCUT2D eigenvalue weighted by molar-refractivity contribution is 0.102. The summed E-state index contributed by atoms with van der Waals surface area (Å²) in [6.07, 6.45) is 0. The minimum absolute atomic E-state index is 0.195. The maximum Gasteiger partial charge on any atom is 0.177 e. The van der Waals surface area contributed by atoms with E-state index in [0.717, 1.165) is 0 Å². The summed E-state index contributed by atoms with van der Waals surface area (Å²) in [6.45, 7) is 0. The van der Waals surface area contributed by atoms with Crippen molar-refractivity contribution in [1.29, 1.82) is 0 Å². The van der Waals surface area contributed by atoms with E-state index in [1.165, 1.54) is 24.3 Å². The number of halogens is 4. The Morgan fingerprint density at radius 1 is 0.905 bits per heavy atom. The Kier molecular flexibility index (Phi) is 5.69. The van der Waals surface area contributed by atoms with Gasteiger partial charge in [-0.1, -0.05) is 46.4 Å². The van der Waals surface area contributed by atoms with Gasteiger partial charge in [-0.3, -0.25) is 9.00 Å². The average Bonchev–Trinajstić information content (AvgIpc) is 2.41. The molecule has 7 heteroatoms. The van der Waals surface area contributed by atoms with Gasteiger partial charge in [-0.15, -0.1) is 0 Å². The zero-order chi connectivity index (χ0) is 15.6. The summed E-state index contributed by atoms with van der Waals surface area (Å²) < 4.78 is 12.2. The first kappa shape index (κ1) is 16.8. The minimum Gasteiger partial charge on any atom is -0.293 e. The van der Waals surface area contributed by atoms with Crippen LogP contribution in [0.15, 0.2) is 41.3 Å². The van der Waals surface area contributed by atoms with Gasteiger partial charge < -0.3 is 0 Å². The van der Waals surface area contributed by atoms with E-state index < -0.39 is 10.8 Å². The van der Waals surface area contributed by atoms with E-state index in [9.17, 15) is 9.00 Å². The van der Waals surface area contributed by atoms with E-state index in [0.29, 0.717) is 20.0 Å². The van der Waals surface area contributed by atoms with Crippen LogP contribution in [0.1, 0.15) is 10.4 Å². The van der Waals surface area contributed by atoms with Crippen molar-refractivity contribution < 1.29 is 9.00 Å². The molecule has 2 nitrogen and oxygen atoms in total. The van der Waals surface area contributed by atoms with Crippen LogP contribution >= 0.6 is 46.4 Å². The van der Waals surface area contributed by atoms with Crippen LogP contribution in [0.4, 0.5) is 0 Å². The molecular weight excluding hydrogens is 374 g/mol. The van der Waals surface area contributed by atoms with Crippen molar-refractivity contribution >= 4 is 63.0 Å². The van der Waals surface area contributed by atoms with Crippen LogP contribution in [-0.4, -0.2) is 15.7 Å². The summed E-state index contributed by atoms with van der Waals surface area (Å²) in [4.78, 5) is 12.6. The van der Waals surface area contributed by atoms with Gasteiger partial charge in [-0.05, 0) is 36.4 Å². The van der Waals surface area contributed by atoms with Gasteiger partial charge >= 0.3 is 0 Å². The molecule has 2 rings (SSSR count). The Balaban J connectivity index is 2.18. The van der Waals surface area contributed by atoms with E-state index in [1.54, 1.807) is 12.1 Å². The molecule has 0 N–H and O–H groups in total. The molecule has 2 aromatic rings. The van der Waals surface area contributed by atoms with Gasteiger partial charge in [0.15, 0.2) is 5.78 Å². The van der Waals surface area contributed by atoms with Crippen LogP contribution in [0.3, 0.4) is 0 Å². The lowest BCUT2D eigenvalue weighted by atomic mass is 10.1. The summed E-state index contributed by atoms with van der Waals surface area (Å²) in [5.74, 6) is -0.527. The molecule has 0 radical (unpaired) electrons. The highest BCUT2D eigenvalue weighted by molar-refractivity contribution is 7.85. The average molecular weight is 382 g/mol. The van der Waals surface area contributed by atoms with Crippen molar-refractivity contribution in [3.8, 4) is 0 Å². The highest BCUT2D eigenvalue weighted by atomic mass is 35.5. The Bertz CT molecular complexity index is 731. The standard InChI is InChI=1S/C14H8Cl4O2S/c15-8-1-3-10(12(17)5-8)14(19)7-21(20)9-2-4-11(16)13(18)6-9/h1-6H,7H2. The number of hydrogen-bond donors (Lipinski definition) is 0. The Morgan fingerprint density at radius 3 is 2.24 bits per heavy atom. The first-order valence-corrected chi connectivity index (χ1v) is 8.53. The number of hydrogen-bond acceptors (Lipinski definition) is 2. The van der Waals surface area contributed by atoms with Gasteiger partial charge in [-0.25, -0.2) is 0 Å². The molecule has 110 valence electrons. The summed E-state index contributed by atoms with van der Waals surface area (Å²) in [5, 5.41) is 1.32. The van der Waals surface area contributed by atoms with Crippen LogP contribution in [0.25, 0.3) is 0 Å². The number of benzene rings is 2. The zero-order valence-electron chi connectivity index (χ0n) is 10.4. The molecule has 0 amide bonds. The molecule has 2 aromatic carbocycles. The molecule has 0 saturated heterocycles. The largest absolute Gasteiger partial charge is 0.293 e. The molecule has 0 aromatic heterocycles. The molecular formula is C14H8Cl4O2S. The molecule has 1 atom stereocenters. The first-order chi connectivity index (χ1) is 9.88. The summed E-state index contributed by atoms with van der Waals surface area (Å²) in [6, 6.07) is 9.13. The summed E-state index contributed by atoms with van der Waals surface area (Å²) in [5.41, 5.74) is 0.287. The summed E-state index contributed by atoms with van der Waals surface area (Å²) in [7, 11) is -1.53. The first-order valence-electron chi connectivity index (χ1n) is 5.70. The fourth-order valence-electron chi connectivity index (χ4n) is 1.61. The van der Waals surface area contributed by atoms with E-state index in [4.69, 9.17) is 46.4 Å². The zero-order valence-corrected chi connectivity index (χ0v) is 14.2. The minimum atomic E-state index is -1.53. The molecule has 0 heterocycles. The topological polar surface area (TPSA) is 34.1 Å². The second kappa shape index (κ2) is 7.12. The molecule has 0 spiro atoms. The smallest absolute Gasteiger partial charge is 0.177 e. The Hall–Kier alpha value is -0.580. The fourth-order valence-corrected chi connectivity index (χ4v) is 3.52. The highest BCUT2D eigenvalue weighted by Gasteiger charge is 2.16. The van der Waals surface area contributed by atoms with Gasteiger partial charge in [0, 0.05) is 15.5 Å². The Morgan fingerprint density at radius 2 is 1.62 bits per heavy atom. The quantitative estimate of drug-likeness (QED) is 0.674. The second-order valence-corrected chi connectivity index (χ2v) is 7.22. The lowest BCUT2D eigenvalue weighted by Crippen LogP contribution is -2.11. The molecule has 0 aliphatic rings. The molecule has 0 bridgehead atoms. The number of carbonyl (C=O) groups excluding carboxylic acids is 1. The molecule has 1 unspecified atom stereocenters. The molecule has 0 aliphatic heterocycles. The third-order valence-electron chi connectivity index (χ3n) is 2.65. The van der Waals surface area contributed by atoms with Crippen LogP contribution in [0, 0.1) is 0 Å². The summed E-state index contributed by atoms with van der Waals surface area (Å²) >= 11 is 23.4. The van der Waals surface area contributed by atoms with E-state index >= 15 is 0 Å². The van der Waals surface area contributed by atoms with Crippen molar-refractivity contribution in [1.82, 2.24) is 0 Å². The third-order valence-corrected chi connectivity index (χ3v) is 5.24. The normalized spacial score (nSPS) is 12.2. The maximum atomic E-state index is 12.2. The van der Waals surface area contributed by atoms with Crippen molar-refractivity contribution in [3.05, 3.63) is 62.1 Å². The number of rotatable bonds is 4. The third kappa shape index (κ3) is 4.21. The lowest BCUT2D eigenvalue weighted by Gasteiger charge is -2.05. The van der Waals surface area contributed by atoms with Crippen molar-refractivity contribution in [3.63, 3.8) is 0 Å². The molecule has 0 saturated carbocycles. The van der Waals surface area contributed by atoms with E-state index in [1.807, 2.05) is 0 Å². The fraction of sp³-hybridized carbons (Fsp3) is 0.0714. The number of carbonyl (C=O) groups is 1. The van der Waals surface area contributed by atoms with E-state index in [-0.39, 0.29) is 22.1 Å². The predicted octanol–water partition coefficient (Wildman–Crippen LogP) is 5.29. The van der Waals surface area contributed by atoms with Crippen LogP contribution < -0.4 is 0 Å². The Labute approximate surface area is 144 Å².